The average molecular weight is 455 g/mol. The van der Waals surface area contributed by atoms with Gasteiger partial charge < -0.3 is 14.2 Å². The van der Waals surface area contributed by atoms with Gasteiger partial charge in [-0.2, -0.15) is 0 Å². The lowest BCUT2D eigenvalue weighted by atomic mass is 10.0. The molecule has 0 fully saturated rings. The van der Waals surface area contributed by atoms with Gasteiger partial charge in [-0.15, -0.1) is 0 Å². The van der Waals surface area contributed by atoms with Gasteiger partial charge in [0.2, 0.25) is 0 Å². The second kappa shape index (κ2) is 15.1. The minimum Gasteiger partial charge on any atom is -0.494 e. The summed E-state index contributed by atoms with van der Waals surface area (Å²) < 4.78 is 16.6. The molecule has 0 aromatic heterocycles. The van der Waals surface area contributed by atoms with Crippen LogP contribution in [0.4, 0.5) is 0 Å². The molecular weight excluding hydrogens is 416 g/mol. The fourth-order valence-electron chi connectivity index (χ4n) is 3.36. The molecular formula is C28H38O5. The van der Waals surface area contributed by atoms with Gasteiger partial charge >= 0.3 is 11.9 Å². The molecule has 0 saturated carbocycles. The largest absolute Gasteiger partial charge is 0.494 e. The summed E-state index contributed by atoms with van der Waals surface area (Å²) in [5.74, 6) is 0.764. The lowest BCUT2D eigenvalue weighted by Gasteiger charge is -2.11. The van der Waals surface area contributed by atoms with E-state index in [0.717, 1.165) is 37.9 Å². The van der Waals surface area contributed by atoms with Gasteiger partial charge in [0.15, 0.2) is 0 Å². The predicted molar refractivity (Wildman–Crippen MR) is 131 cm³/mol. The number of hydrogen-bond donors (Lipinski definition) is 0. The van der Waals surface area contributed by atoms with E-state index < -0.39 is 5.97 Å². The summed E-state index contributed by atoms with van der Waals surface area (Å²) in [5.41, 5.74) is 0.445. The molecule has 0 amide bonds. The van der Waals surface area contributed by atoms with Crippen LogP contribution in [0.2, 0.25) is 0 Å². The monoisotopic (exact) mass is 454 g/mol. The highest BCUT2D eigenvalue weighted by molar-refractivity contribution is 5.91. The number of ether oxygens (including phenoxy) is 3. The van der Waals surface area contributed by atoms with E-state index in [0.29, 0.717) is 23.7 Å². The zero-order valence-corrected chi connectivity index (χ0v) is 20.3. The van der Waals surface area contributed by atoms with E-state index in [1.54, 1.807) is 48.5 Å². The molecule has 33 heavy (non-hydrogen) atoms. The van der Waals surface area contributed by atoms with Crippen molar-refractivity contribution in [3.63, 3.8) is 0 Å². The molecule has 0 saturated heterocycles. The Morgan fingerprint density at radius 1 is 0.697 bits per heavy atom. The van der Waals surface area contributed by atoms with E-state index >= 15 is 0 Å². The van der Waals surface area contributed by atoms with Gasteiger partial charge in [-0.3, -0.25) is 4.79 Å². The molecule has 5 nitrogen and oxygen atoms in total. The summed E-state index contributed by atoms with van der Waals surface area (Å²) in [4.78, 5) is 24.7. The molecule has 5 heteroatoms. The minimum absolute atomic E-state index is 0.136. The molecule has 0 N–H and O–H groups in total. The molecule has 0 radical (unpaired) electrons. The van der Waals surface area contributed by atoms with Crippen LogP contribution in [-0.4, -0.2) is 18.5 Å². The summed E-state index contributed by atoms with van der Waals surface area (Å²) in [7, 11) is 0. The predicted octanol–water partition coefficient (Wildman–Crippen LogP) is 7.38. The van der Waals surface area contributed by atoms with E-state index in [1.165, 1.54) is 25.7 Å². The van der Waals surface area contributed by atoms with Crippen LogP contribution in [0.25, 0.3) is 0 Å². The molecule has 2 aromatic rings. The Labute approximate surface area is 198 Å². The van der Waals surface area contributed by atoms with Gasteiger partial charge in [0.25, 0.3) is 0 Å². The number of carbonyl (C=O) groups is 2. The summed E-state index contributed by atoms with van der Waals surface area (Å²) in [6.45, 7) is 6.92. The molecule has 0 aliphatic heterocycles. The van der Waals surface area contributed by atoms with Crippen molar-refractivity contribution in [1.82, 2.24) is 0 Å². The summed E-state index contributed by atoms with van der Waals surface area (Å²) >= 11 is 0. The Hall–Kier alpha value is -2.82. The van der Waals surface area contributed by atoms with Crippen molar-refractivity contribution in [2.45, 2.75) is 78.6 Å². The van der Waals surface area contributed by atoms with Crippen LogP contribution in [0, 0.1) is 5.92 Å². The number of rotatable bonds is 15. The van der Waals surface area contributed by atoms with Gasteiger partial charge in [0.1, 0.15) is 17.2 Å². The fraction of sp³-hybridized carbons (Fsp3) is 0.500. The van der Waals surface area contributed by atoms with Crippen molar-refractivity contribution >= 4 is 11.9 Å². The normalized spacial score (nSPS) is 11.6. The number of hydrogen-bond acceptors (Lipinski definition) is 5. The molecule has 0 aliphatic rings. The molecule has 1 unspecified atom stereocenters. The van der Waals surface area contributed by atoms with Gasteiger partial charge in [-0.1, -0.05) is 65.7 Å². The SMILES string of the molecule is CCCCCCOc1ccc(C(=O)Oc2ccc(OC(=O)C(C)CCCCCC)cc2)cc1. The standard InChI is InChI=1S/C28H38O5/c1-4-6-8-10-12-22(3)27(29)32-25-17-19-26(20-18-25)33-28(30)23-13-15-24(16-14-23)31-21-11-9-7-5-2/h13-20,22H,4-12,21H2,1-3H3. The second-order valence-corrected chi connectivity index (χ2v) is 8.47. The van der Waals surface area contributed by atoms with Crippen molar-refractivity contribution < 1.29 is 23.8 Å². The van der Waals surface area contributed by atoms with Crippen molar-refractivity contribution in [3.05, 3.63) is 54.1 Å². The first-order valence-corrected chi connectivity index (χ1v) is 12.3. The van der Waals surface area contributed by atoms with Gasteiger partial charge in [-0.05, 0) is 61.4 Å². The molecule has 0 bridgehead atoms. The maximum Gasteiger partial charge on any atom is 0.343 e. The first-order valence-electron chi connectivity index (χ1n) is 12.3. The molecule has 180 valence electrons. The lowest BCUT2D eigenvalue weighted by molar-refractivity contribution is -0.138. The molecule has 0 heterocycles. The topological polar surface area (TPSA) is 61.8 Å². The van der Waals surface area contributed by atoms with Crippen LogP contribution in [0.5, 0.6) is 17.2 Å². The lowest BCUT2D eigenvalue weighted by Crippen LogP contribution is -2.17. The van der Waals surface area contributed by atoms with E-state index in [2.05, 4.69) is 13.8 Å². The van der Waals surface area contributed by atoms with E-state index in [-0.39, 0.29) is 11.9 Å². The average Bonchev–Trinajstić information content (AvgIpc) is 2.83. The molecule has 1 atom stereocenters. The Morgan fingerprint density at radius 3 is 1.85 bits per heavy atom. The Morgan fingerprint density at radius 2 is 1.24 bits per heavy atom. The third-order valence-corrected chi connectivity index (χ3v) is 5.50. The summed E-state index contributed by atoms with van der Waals surface area (Å²) in [5, 5.41) is 0. The van der Waals surface area contributed by atoms with E-state index in [1.807, 2.05) is 6.92 Å². The number of carbonyl (C=O) groups excluding carboxylic acids is 2. The molecule has 2 aromatic carbocycles. The maximum absolute atomic E-state index is 12.4. The Bertz CT molecular complexity index is 826. The van der Waals surface area contributed by atoms with Crippen LogP contribution in [0.15, 0.2) is 48.5 Å². The van der Waals surface area contributed by atoms with Gasteiger partial charge in [0.05, 0.1) is 18.1 Å². The van der Waals surface area contributed by atoms with Crippen LogP contribution in [0.3, 0.4) is 0 Å². The Balaban J connectivity index is 1.78. The number of unbranched alkanes of at least 4 members (excludes halogenated alkanes) is 6. The van der Waals surface area contributed by atoms with Crippen molar-refractivity contribution in [2.24, 2.45) is 5.92 Å². The highest BCUT2D eigenvalue weighted by Gasteiger charge is 2.15. The van der Waals surface area contributed by atoms with Crippen molar-refractivity contribution in [3.8, 4) is 17.2 Å². The van der Waals surface area contributed by atoms with Gasteiger partial charge in [-0.25, -0.2) is 4.79 Å². The van der Waals surface area contributed by atoms with Crippen LogP contribution in [0.1, 0.15) is 88.9 Å². The zero-order chi connectivity index (χ0) is 23.9. The maximum atomic E-state index is 12.4. The first kappa shape index (κ1) is 26.4. The summed E-state index contributed by atoms with van der Waals surface area (Å²) in [6, 6.07) is 13.5. The van der Waals surface area contributed by atoms with Gasteiger partial charge in [0, 0.05) is 0 Å². The molecule has 0 spiro atoms. The third-order valence-electron chi connectivity index (χ3n) is 5.50. The number of esters is 2. The van der Waals surface area contributed by atoms with Crippen LogP contribution >= 0.6 is 0 Å². The summed E-state index contributed by atoms with van der Waals surface area (Å²) in [6.07, 6.45) is 9.98. The Kier molecular flexibility index (Phi) is 12.1. The molecule has 2 rings (SSSR count). The van der Waals surface area contributed by atoms with Crippen molar-refractivity contribution in [1.29, 1.82) is 0 Å². The minimum atomic E-state index is -0.449. The highest BCUT2D eigenvalue weighted by Crippen LogP contribution is 2.21. The van der Waals surface area contributed by atoms with Crippen LogP contribution < -0.4 is 14.2 Å². The smallest absolute Gasteiger partial charge is 0.343 e. The van der Waals surface area contributed by atoms with E-state index in [9.17, 15) is 9.59 Å². The fourth-order valence-corrected chi connectivity index (χ4v) is 3.36. The van der Waals surface area contributed by atoms with E-state index in [4.69, 9.17) is 14.2 Å². The van der Waals surface area contributed by atoms with Crippen LogP contribution in [-0.2, 0) is 4.79 Å². The molecule has 0 aliphatic carbocycles. The zero-order valence-electron chi connectivity index (χ0n) is 20.3. The highest BCUT2D eigenvalue weighted by atomic mass is 16.5. The first-order chi connectivity index (χ1) is 16.0. The van der Waals surface area contributed by atoms with Crippen molar-refractivity contribution in [2.75, 3.05) is 6.61 Å². The third kappa shape index (κ3) is 10.1. The quantitative estimate of drug-likeness (QED) is 0.160. The number of benzene rings is 2. The second-order valence-electron chi connectivity index (χ2n) is 8.47.